The van der Waals surface area contributed by atoms with Crippen LogP contribution in [0.5, 0.6) is 11.5 Å². The van der Waals surface area contributed by atoms with Crippen LogP contribution in [0.25, 0.3) is 0 Å². The predicted octanol–water partition coefficient (Wildman–Crippen LogP) is 3.82. The minimum atomic E-state index is -0.0587. The SMILES string of the molecule is CC(C)Cc1c(O)c(C(C)(C)C)cc2c1CCO2. The van der Waals surface area contributed by atoms with E-state index in [0.29, 0.717) is 11.7 Å². The molecule has 0 fully saturated rings. The zero-order chi connectivity index (χ0) is 13.5. The first-order chi connectivity index (χ1) is 8.30. The number of ether oxygens (including phenoxy) is 1. The van der Waals surface area contributed by atoms with E-state index in [-0.39, 0.29) is 5.41 Å². The van der Waals surface area contributed by atoms with Gasteiger partial charge in [0.05, 0.1) is 6.61 Å². The molecule has 2 rings (SSSR count). The lowest BCUT2D eigenvalue weighted by molar-refractivity contribution is 0.355. The van der Waals surface area contributed by atoms with Crippen molar-refractivity contribution in [3.05, 3.63) is 22.8 Å². The van der Waals surface area contributed by atoms with Gasteiger partial charge in [0.2, 0.25) is 0 Å². The van der Waals surface area contributed by atoms with Crippen LogP contribution in [-0.2, 0) is 18.3 Å². The molecular weight excluding hydrogens is 224 g/mol. The van der Waals surface area contributed by atoms with E-state index in [0.717, 1.165) is 36.3 Å². The number of phenolic OH excluding ortho intramolecular Hbond substituents is 1. The van der Waals surface area contributed by atoms with Gasteiger partial charge in [-0.3, -0.25) is 0 Å². The van der Waals surface area contributed by atoms with E-state index in [1.54, 1.807) is 0 Å². The summed E-state index contributed by atoms with van der Waals surface area (Å²) in [6.45, 7) is 11.5. The first-order valence-electron chi connectivity index (χ1n) is 6.81. The zero-order valence-corrected chi connectivity index (χ0v) is 12.1. The molecular formula is C16H24O2. The molecule has 0 spiro atoms. The summed E-state index contributed by atoms with van der Waals surface area (Å²) in [4.78, 5) is 0. The molecule has 1 aliphatic rings. The fraction of sp³-hybridized carbons (Fsp3) is 0.625. The van der Waals surface area contributed by atoms with Crippen molar-refractivity contribution in [2.24, 2.45) is 5.92 Å². The molecule has 0 amide bonds. The van der Waals surface area contributed by atoms with E-state index in [9.17, 15) is 5.11 Å². The van der Waals surface area contributed by atoms with Crippen molar-refractivity contribution in [3.63, 3.8) is 0 Å². The molecule has 100 valence electrons. The topological polar surface area (TPSA) is 29.5 Å². The van der Waals surface area contributed by atoms with Crippen LogP contribution < -0.4 is 4.74 Å². The van der Waals surface area contributed by atoms with E-state index in [4.69, 9.17) is 4.74 Å². The summed E-state index contributed by atoms with van der Waals surface area (Å²) >= 11 is 0. The van der Waals surface area contributed by atoms with Crippen LogP contribution in [-0.4, -0.2) is 11.7 Å². The number of benzene rings is 1. The van der Waals surface area contributed by atoms with Crippen LogP contribution in [0, 0.1) is 5.92 Å². The Labute approximate surface area is 110 Å². The Morgan fingerprint density at radius 1 is 1.33 bits per heavy atom. The number of phenols is 1. The highest BCUT2D eigenvalue weighted by Crippen LogP contribution is 2.42. The predicted molar refractivity (Wildman–Crippen MR) is 74.5 cm³/mol. The third kappa shape index (κ3) is 2.33. The number of hydrogen-bond donors (Lipinski definition) is 1. The summed E-state index contributed by atoms with van der Waals surface area (Å²) in [6.07, 6.45) is 1.84. The minimum Gasteiger partial charge on any atom is -0.507 e. The van der Waals surface area contributed by atoms with Crippen molar-refractivity contribution >= 4 is 0 Å². The van der Waals surface area contributed by atoms with E-state index in [2.05, 4.69) is 34.6 Å². The summed E-state index contributed by atoms with van der Waals surface area (Å²) in [7, 11) is 0. The molecule has 1 aliphatic heterocycles. The van der Waals surface area contributed by atoms with Crippen molar-refractivity contribution < 1.29 is 9.84 Å². The third-order valence-electron chi connectivity index (χ3n) is 3.51. The van der Waals surface area contributed by atoms with Crippen molar-refractivity contribution in [3.8, 4) is 11.5 Å². The van der Waals surface area contributed by atoms with Crippen LogP contribution in [0.2, 0.25) is 0 Å². The van der Waals surface area contributed by atoms with Gasteiger partial charge in [-0.1, -0.05) is 34.6 Å². The summed E-state index contributed by atoms with van der Waals surface area (Å²) in [5.41, 5.74) is 3.26. The smallest absolute Gasteiger partial charge is 0.123 e. The Kier molecular flexibility index (Phi) is 3.31. The van der Waals surface area contributed by atoms with Crippen molar-refractivity contribution in [2.45, 2.75) is 52.9 Å². The van der Waals surface area contributed by atoms with Crippen LogP contribution in [0.1, 0.15) is 51.3 Å². The first-order valence-corrected chi connectivity index (χ1v) is 6.81. The molecule has 0 bridgehead atoms. The van der Waals surface area contributed by atoms with Crippen molar-refractivity contribution in [2.75, 3.05) is 6.61 Å². The van der Waals surface area contributed by atoms with Gasteiger partial charge in [0.15, 0.2) is 0 Å². The molecule has 18 heavy (non-hydrogen) atoms. The Hall–Kier alpha value is -1.18. The Balaban J connectivity index is 2.59. The first kappa shape index (κ1) is 13.3. The standard InChI is InChI=1S/C16H24O2/c1-10(2)8-12-11-6-7-18-14(11)9-13(15(12)17)16(3,4)5/h9-10,17H,6-8H2,1-5H3. The molecule has 2 nitrogen and oxygen atoms in total. The van der Waals surface area contributed by atoms with Crippen LogP contribution in [0.15, 0.2) is 6.07 Å². The van der Waals surface area contributed by atoms with E-state index in [1.807, 2.05) is 6.07 Å². The van der Waals surface area contributed by atoms with Gasteiger partial charge < -0.3 is 9.84 Å². The molecule has 1 heterocycles. The lowest BCUT2D eigenvalue weighted by Crippen LogP contribution is -2.13. The second kappa shape index (κ2) is 4.49. The second-order valence-electron chi connectivity index (χ2n) is 6.67. The molecule has 1 N–H and O–H groups in total. The lowest BCUT2D eigenvalue weighted by Gasteiger charge is -2.24. The summed E-state index contributed by atoms with van der Waals surface area (Å²) in [5.74, 6) is 2.00. The summed E-state index contributed by atoms with van der Waals surface area (Å²) < 4.78 is 5.70. The molecule has 1 aromatic carbocycles. The monoisotopic (exact) mass is 248 g/mol. The normalized spacial score (nSPS) is 14.8. The highest BCUT2D eigenvalue weighted by Gasteiger charge is 2.27. The maximum atomic E-state index is 10.6. The molecule has 0 radical (unpaired) electrons. The van der Waals surface area contributed by atoms with Crippen molar-refractivity contribution in [1.82, 2.24) is 0 Å². The van der Waals surface area contributed by atoms with Crippen LogP contribution in [0.3, 0.4) is 0 Å². The van der Waals surface area contributed by atoms with Gasteiger partial charge in [0.1, 0.15) is 11.5 Å². The maximum absolute atomic E-state index is 10.6. The van der Waals surface area contributed by atoms with Gasteiger partial charge in [-0.05, 0) is 23.8 Å². The molecule has 0 aromatic heterocycles. The minimum absolute atomic E-state index is 0.0587. The van der Waals surface area contributed by atoms with Gasteiger partial charge in [0.25, 0.3) is 0 Å². The van der Waals surface area contributed by atoms with Gasteiger partial charge in [-0.15, -0.1) is 0 Å². The number of rotatable bonds is 2. The van der Waals surface area contributed by atoms with Crippen LogP contribution in [0.4, 0.5) is 0 Å². The molecule has 0 aliphatic carbocycles. The fourth-order valence-corrected chi connectivity index (χ4v) is 2.61. The number of fused-ring (bicyclic) bond motifs is 1. The van der Waals surface area contributed by atoms with E-state index < -0.39 is 0 Å². The summed E-state index contributed by atoms with van der Waals surface area (Å²) in [5, 5.41) is 10.6. The molecule has 0 atom stereocenters. The Bertz CT molecular complexity index is 453. The zero-order valence-electron chi connectivity index (χ0n) is 12.1. The van der Waals surface area contributed by atoms with E-state index in [1.165, 1.54) is 5.56 Å². The highest BCUT2D eigenvalue weighted by molar-refractivity contribution is 5.56. The Morgan fingerprint density at radius 3 is 2.56 bits per heavy atom. The lowest BCUT2D eigenvalue weighted by atomic mass is 9.82. The van der Waals surface area contributed by atoms with Crippen LogP contribution >= 0.6 is 0 Å². The average Bonchev–Trinajstić information content (AvgIpc) is 2.67. The van der Waals surface area contributed by atoms with Crippen molar-refractivity contribution in [1.29, 1.82) is 0 Å². The molecule has 0 unspecified atom stereocenters. The number of hydrogen-bond acceptors (Lipinski definition) is 2. The third-order valence-corrected chi connectivity index (χ3v) is 3.51. The highest BCUT2D eigenvalue weighted by atomic mass is 16.5. The number of aromatic hydroxyl groups is 1. The molecule has 0 saturated carbocycles. The average molecular weight is 248 g/mol. The maximum Gasteiger partial charge on any atom is 0.123 e. The largest absolute Gasteiger partial charge is 0.507 e. The molecule has 1 aromatic rings. The molecule has 0 saturated heterocycles. The van der Waals surface area contributed by atoms with Gasteiger partial charge in [-0.25, -0.2) is 0 Å². The van der Waals surface area contributed by atoms with Gasteiger partial charge in [-0.2, -0.15) is 0 Å². The van der Waals surface area contributed by atoms with E-state index >= 15 is 0 Å². The summed E-state index contributed by atoms with van der Waals surface area (Å²) in [6, 6.07) is 2.03. The van der Waals surface area contributed by atoms with Gasteiger partial charge >= 0.3 is 0 Å². The molecule has 2 heteroatoms. The Morgan fingerprint density at radius 2 is 2.00 bits per heavy atom. The van der Waals surface area contributed by atoms with Gasteiger partial charge in [0, 0.05) is 23.1 Å². The second-order valence-corrected chi connectivity index (χ2v) is 6.67. The fourth-order valence-electron chi connectivity index (χ4n) is 2.61. The quantitative estimate of drug-likeness (QED) is 0.862.